The normalized spacial score (nSPS) is 18.9. The van der Waals surface area contributed by atoms with Crippen molar-refractivity contribution in [3.8, 4) is 5.75 Å². The molecule has 2 N–H and O–H groups in total. The van der Waals surface area contributed by atoms with Crippen LogP contribution < -0.4 is 4.74 Å². The number of carbonyl (C=O) groups is 1. The van der Waals surface area contributed by atoms with Crippen molar-refractivity contribution in [2.45, 2.75) is 51.3 Å². The molecule has 3 rings (SSSR count). The van der Waals surface area contributed by atoms with E-state index < -0.39 is 17.5 Å². The van der Waals surface area contributed by atoms with Gasteiger partial charge in [0.2, 0.25) is 5.91 Å². The van der Waals surface area contributed by atoms with Gasteiger partial charge in [-0.15, -0.1) is 0 Å². The minimum Gasteiger partial charge on any atom is -0.495 e. The van der Waals surface area contributed by atoms with Gasteiger partial charge in [0.05, 0.1) is 42.8 Å². The highest BCUT2D eigenvalue weighted by Crippen LogP contribution is 2.39. The number of benzene rings is 2. The first-order valence-electron chi connectivity index (χ1n) is 9.87. The van der Waals surface area contributed by atoms with Gasteiger partial charge < -0.3 is 19.8 Å². The smallest absolute Gasteiger partial charge is 0.228 e. The number of rotatable bonds is 5. The van der Waals surface area contributed by atoms with Crippen LogP contribution in [-0.2, 0) is 23.2 Å². The molecular weight excluding hydrogens is 409 g/mol. The van der Waals surface area contributed by atoms with Crippen molar-refractivity contribution in [2.75, 3.05) is 13.7 Å². The molecule has 1 aliphatic rings. The summed E-state index contributed by atoms with van der Waals surface area (Å²) in [5.74, 6) is -0.620. The zero-order valence-electron chi connectivity index (χ0n) is 17.6. The lowest BCUT2D eigenvalue weighted by Gasteiger charge is -2.43. The number of methoxy groups -OCH3 is 1. The van der Waals surface area contributed by atoms with E-state index in [9.17, 15) is 19.4 Å². The molecule has 0 spiro atoms. The molecule has 0 fully saturated rings. The lowest BCUT2D eigenvalue weighted by Crippen LogP contribution is -2.49. The Kier molecular flexibility index (Phi) is 6.41. The minimum atomic E-state index is -1.05. The van der Waals surface area contributed by atoms with Gasteiger partial charge in [0.1, 0.15) is 11.6 Å². The molecule has 0 aliphatic carbocycles. The van der Waals surface area contributed by atoms with E-state index in [-0.39, 0.29) is 35.6 Å². The quantitative estimate of drug-likeness (QED) is 0.750. The molecule has 0 aromatic heterocycles. The molecule has 0 unspecified atom stereocenters. The van der Waals surface area contributed by atoms with E-state index in [1.807, 2.05) is 25.1 Å². The molecule has 1 aliphatic heterocycles. The second kappa shape index (κ2) is 8.53. The Bertz CT molecular complexity index is 957. The molecule has 2 atom stereocenters. The Labute approximate surface area is 181 Å². The molecule has 1 amide bonds. The number of hydrogen-bond acceptors (Lipinski definition) is 4. The topological polar surface area (TPSA) is 70.0 Å². The number of fused-ring (bicyclic) bond motifs is 1. The van der Waals surface area contributed by atoms with Gasteiger partial charge in [-0.05, 0) is 56.0 Å². The molecule has 162 valence electrons. The number of carbonyl (C=O) groups excluding carboxylic acids is 1. The average molecular weight is 436 g/mol. The molecule has 0 saturated carbocycles. The molecule has 5 nitrogen and oxygen atoms in total. The van der Waals surface area contributed by atoms with Crippen molar-refractivity contribution in [1.82, 2.24) is 4.90 Å². The Morgan fingerprint density at radius 2 is 2.03 bits per heavy atom. The molecule has 7 heteroatoms. The minimum absolute atomic E-state index is 0.0702. The third-order valence-corrected chi connectivity index (χ3v) is 6.18. The summed E-state index contributed by atoms with van der Waals surface area (Å²) in [4.78, 5) is 14.8. The number of amides is 1. The predicted octanol–water partition coefficient (Wildman–Crippen LogP) is 3.76. The van der Waals surface area contributed by atoms with E-state index in [4.69, 9.17) is 16.3 Å². The van der Waals surface area contributed by atoms with Crippen LogP contribution >= 0.6 is 11.6 Å². The van der Waals surface area contributed by atoms with E-state index >= 15 is 0 Å². The van der Waals surface area contributed by atoms with E-state index in [0.29, 0.717) is 12.2 Å². The van der Waals surface area contributed by atoms with Crippen LogP contribution in [0.3, 0.4) is 0 Å². The number of ether oxygens (including phenoxy) is 1. The average Bonchev–Trinajstić information content (AvgIpc) is 2.69. The fourth-order valence-corrected chi connectivity index (χ4v) is 4.60. The largest absolute Gasteiger partial charge is 0.495 e. The molecule has 1 heterocycles. The molecule has 0 radical (unpaired) electrons. The fraction of sp³-hybridized carbons (Fsp3) is 0.435. The highest BCUT2D eigenvalue weighted by molar-refractivity contribution is 6.33. The first kappa shape index (κ1) is 22.5. The van der Waals surface area contributed by atoms with Gasteiger partial charge in [0.15, 0.2) is 0 Å². The van der Waals surface area contributed by atoms with Gasteiger partial charge in [-0.1, -0.05) is 29.8 Å². The third kappa shape index (κ3) is 4.04. The zero-order chi connectivity index (χ0) is 22.2. The van der Waals surface area contributed by atoms with Crippen molar-refractivity contribution in [2.24, 2.45) is 0 Å². The number of halogens is 2. The van der Waals surface area contributed by atoms with Crippen LogP contribution in [0, 0.1) is 5.82 Å². The van der Waals surface area contributed by atoms with Crippen LogP contribution in [0.2, 0.25) is 5.02 Å². The summed E-state index contributed by atoms with van der Waals surface area (Å²) in [5, 5.41) is 20.7. The molecule has 30 heavy (non-hydrogen) atoms. The van der Waals surface area contributed by atoms with E-state index in [1.54, 1.807) is 18.7 Å². The Balaban J connectivity index is 1.99. The van der Waals surface area contributed by atoms with E-state index in [2.05, 4.69) is 0 Å². The number of hydrogen-bond donors (Lipinski definition) is 2. The summed E-state index contributed by atoms with van der Waals surface area (Å²) in [7, 11) is 1.43. The highest BCUT2D eigenvalue weighted by atomic mass is 35.5. The van der Waals surface area contributed by atoms with Gasteiger partial charge in [-0.25, -0.2) is 4.39 Å². The maximum Gasteiger partial charge on any atom is 0.228 e. The van der Waals surface area contributed by atoms with Crippen molar-refractivity contribution < 1.29 is 24.1 Å². The van der Waals surface area contributed by atoms with Gasteiger partial charge >= 0.3 is 0 Å². The number of aliphatic hydroxyl groups excluding tert-OH is 1. The van der Waals surface area contributed by atoms with Crippen molar-refractivity contribution in [1.29, 1.82) is 0 Å². The third-order valence-electron chi connectivity index (χ3n) is 5.77. The van der Waals surface area contributed by atoms with Gasteiger partial charge in [0, 0.05) is 5.56 Å². The molecule has 2 aromatic carbocycles. The fourth-order valence-electron chi connectivity index (χ4n) is 4.31. The monoisotopic (exact) mass is 435 g/mol. The van der Waals surface area contributed by atoms with Crippen LogP contribution in [-0.4, -0.2) is 40.8 Å². The van der Waals surface area contributed by atoms with Gasteiger partial charge in [-0.2, -0.15) is 0 Å². The Morgan fingerprint density at radius 3 is 2.63 bits per heavy atom. The lowest BCUT2D eigenvalue weighted by atomic mass is 9.81. The second-order valence-corrected chi connectivity index (χ2v) is 8.55. The first-order chi connectivity index (χ1) is 14.1. The maximum absolute atomic E-state index is 14.4. The molecular formula is C23H27ClFNO4. The van der Waals surface area contributed by atoms with Crippen LogP contribution in [0.15, 0.2) is 30.3 Å². The van der Waals surface area contributed by atoms with Gasteiger partial charge in [-0.3, -0.25) is 4.79 Å². The van der Waals surface area contributed by atoms with Crippen LogP contribution in [0.25, 0.3) is 0 Å². The highest BCUT2D eigenvalue weighted by Gasteiger charge is 2.37. The van der Waals surface area contributed by atoms with Gasteiger partial charge in [0.25, 0.3) is 0 Å². The van der Waals surface area contributed by atoms with E-state index in [0.717, 1.165) is 16.7 Å². The second-order valence-electron chi connectivity index (χ2n) is 8.17. The first-order valence-corrected chi connectivity index (χ1v) is 10.3. The van der Waals surface area contributed by atoms with Crippen LogP contribution in [0.4, 0.5) is 4.39 Å². The van der Waals surface area contributed by atoms with E-state index in [1.165, 1.54) is 19.2 Å². The summed E-state index contributed by atoms with van der Waals surface area (Å²) in [5.41, 5.74) is 1.64. The molecule has 0 saturated heterocycles. The summed E-state index contributed by atoms with van der Waals surface area (Å²) in [6, 6.07) is 7.43. The summed E-state index contributed by atoms with van der Waals surface area (Å²) in [6.07, 6.45) is 0.152. The zero-order valence-corrected chi connectivity index (χ0v) is 18.3. The molecule has 2 aromatic rings. The van der Waals surface area contributed by atoms with Crippen molar-refractivity contribution >= 4 is 17.5 Å². The van der Waals surface area contributed by atoms with Crippen LogP contribution in [0.1, 0.15) is 49.1 Å². The van der Waals surface area contributed by atoms with Crippen LogP contribution in [0.5, 0.6) is 5.75 Å². The number of aliphatic hydroxyl groups is 2. The Morgan fingerprint density at radius 1 is 1.33 bits per heavy atom. The summed E-state index contributed by atoms with van der Waals surface area (Å²) >= 11 is 6.24. The molecule has 0 bridgehead atoms. The van der Waals surface area contributed by atoms with Crippen molar-refractivity contribution in [3.63, 3.8) is 0 Å². The number of nitrogens with zero attached hydrogens (tertiary/aromatic N) is 1. The Hall–Kier alpha value is -2.15. The predicted molar refractivity (Wildman–Crippen MR) is 113 cm³/mol. The summed E-state index contributed by atoms with van der Waals surface area (Å²) in [6.45, 7) is 5.05. The maximum atomic E-state index is 14.4. The van der Waals surface area contributed by atoms with Crippen molar-refractivity contribution in [3.05, 3.63) is 63.4 Å². The SMILES string of the molecule is COc1ccc(F)c(CC(=O)N2[C@@H](CO)Cc3c(cccc3C(C)(C)O)[C@@H]2C)c1Cl. The standard InChI is InChI=1S/C23H27ClFNO4/c1-13-15-6-5-7-18(23(2,3)29)16(15)10-14(12-27)26(13)21(28)11-17-19(25)8-9-20(30-4)22(17)24/h5-9,13-14,27,29H,10-12H2,1-4H3/t13-,14+/m0/s1. The summed E-state index contributed by atoms with van der Waals surface area (Å²) < 4.78 is 19.5. The lowest BCUT2D eigenvalue weighted by molar-refractivity contribution is -0.137.